The van der Waals surface area contributed by atoms with Crippen LogP contribution in [-0.4, -0.2) is 9.55 Å². The predicted octanol–water partition coefficient (Wildman–Crippen LogP) is 5.26. The largest absolute Gasteiger partial charge is 0.423 e. The Morgan fingerprint density at radius 3 is 2.79 bits per heavy atom. The van der Waals surface area contributed by atoms with E-state index in [2.05, 4.69) is 15.9 Å². The molecular formula is C20H17BrN2O3S2. The van der Waals surface area contributed by atoms with Crippen molar-refractivity contribution in [2.24, 2.45) is 0 Å². The zero-order valence-corrected chi connectivity index (χ0v) is 18.8. The average Bonchev–Trinajstić information content (AvgIpc) is 2.93. The van der Waals surface area contributed by atoms with Crippen molar-refractivity contribution in [3.63, 3.8) is 0 Å². The molecule has 0 fully saturated rings. The number of thioether (sulfide) groups is 1. The van der Waals surface area contributed by atoms with E-state index in [0.717, 1.165) is 30.7 Å². The van der Waals surface area contributed by atoms with Gasteiger partial charge in [0.05, 0.1) is 5.39 Å². The minimum atomic E-state index is -0.387. The summed E-state index contributed by atoms with van der Waals surface area (Å²) in [5.74, 6) is 0.519. The van der Waals surface area contributed by atoms with Gasteiger partial charge in [-0.1, -0.05) is 27.7 Å². The summed E-state index contributed by atoms with van der Waals surface area (Å²) in [6.07, 6.45) is 0. The molecule has 8 heteroatoms. The number of hydrogen-bond donors (Lipinski definition) is 0. The van der Waals surface area contributed by atoms with Crippen LogP contribution < -0.4 is 11.2 Å². The van der Waals surface area contributed by atoms with E-state index in [1.807, 2.05) is 32.9 Å². The molecule has 3 heterocycles. The molecule has 0 unspecified atom stereocenters. The molecule has 4 rings (SSSR count). The number of benzene rings is 1. The van der Waals surface area contributed by atoms with Gasteiger partial charge >= 0.3 is 5.63 Å². The van der Waals surface area contributed by atoms with E-state index in [0.29, 0.717) is 28.4 Å². The lowest BCUT2D eigenvalue weighted by atomic mass is 10.1. The van der Waals surface area contributed by atoms with Gasteiger partial charge in [-0.3, -0.25) is 9.36 Å². The summed E-state index contributed by atoms with van der Waals surface area (Å²) >= 11 is 6.41. The van der Waals surface area contributed by atoms with Crippen LogP contribution in [0.3, 0.4) is 0 Å². The van der Waals surface area contributed by atoms with Gasteiger partial charge in [-0.05, 0) is 50.1 Å². The molecule has 28 heavy (non-hydrogen) atoms. The van der Waals surface area contributed by atoms with Crippen LogP contribution in [0.1, 0.15) is 22.9 Å². The van der Waals surface area contributed by atoms with Crippen LogP contribution in [0.5, 0.6) is 0 Å². The van der Waals surface area contributed by atoms with Crippen LogP contribution in [0, 0.1) is 13.8 Å². The van der Waals surface area contributed by atoms with Crippen molar-refractivity contribution in [3.8, 4) is 0 Å². The highest BCUT2D eigenvalue weighted by atomic mass is 79.9. The van der Waals surface area contributed by atoms with E-state index in [-0.39, 0.29) is 11.2 Å². The lowest BCUT2D eigenvalue weighted by Crippen LogP contribution is -2.22. The summed E-state index contributed by atoms with van der Waals surface area (Å²) in [4.78, 5) is 31.6. The normalized spacial score (nSPS) is 11.6. The van der Waals surface area contributed by atoms with Gasteiger partial charge in [-0.2, -0.15) is 0 Å². The fourth-order valence-corrected chi connectivity index (χ4v) is 5.63. The van der Waals surface area contributed by atoms with Crippen molar-refractivity contribution < 1.29 is 4.42 Å². The SMILES string of the molecule is CCn1c(SCc2cc(=O)oc3cc(Br)ccc23)nc2sc(C)c(C)c2c1=O. The Balaban J connectivity index is 1.79. The Bertz CT molecular complexity index is 1340. The van der Waals surface area contributed by atoms with Crippen LogP contribution in [0.25, 0.3) is 21.2 Å². The molecule has 144 valence electrons. The molecule has 0 bridgehead atoms. The maximum atomic E-state index is 13.0. The summed E-state index contributed by atoms with van der Waals surface area (Å²) in [6.45, 7) is 6.47. The van der Waals surface area contributed by atoms with Crippen LogP contribution in [0.15, 0.2) is 47.9 Å². The third-order valence-corrected chi connectivity index (χ3v) is 7.34. The molecule has 0 spiro atoms. The molecule has 0 radical (unpaired) electrons. The van der Waals surface area contributed by atoms with Gasteiger partial charge in [0.2, 0.25) is 0 Å². The number of aryl methyl sites for hydroxylation is 2. The molecule has 5 nitrogen and oxygen atoms in total. The van der Waals surface area contributed by atoms with Crippen molar-refractivity contribution in [3.05, 3.63) is 65.5 Å². The standard InChI is InChI=1S/C20H17BrN2O3S2/c1-4-23-19(25)17-10(2)11(3)28-18(17)22-20(23)27-9-12-7-16(24)26-15-8-13(21)5-6-14(12)15/h5-8H,4,9H2,1-3H3. The first-order valence-corrected chi connectivity index (χ1v) is 11.3. The number of hydrogen-bond acceptors (Lipinski definition) is 6. The molecule has 0 amide bonds. The highest BCUT2D eigenvalue weighted by Gasteiger charge is 2.16. The molecule has 1 aromatic carbocycles. The Labute approximate surface area is 177 Å². The molecule has 0 aliphatic carbocycles. The molecule has 0 saturated carbocycles. The van der Waals surface area contributed by atoms with Gasteiger partial charge in [0.1, 0.15) is 10.4 Å². The van der Waals surface area contributed by atoms with Crippen LogP contribution in [0.4, 0.5) is 0 Å². The minimum Gasteiger partial charge on any atom is -0.423 e. The first kappa shape index (κ1) is 19.4. The highest BCUT2D eigenvalue weighted by Crippen LogP contribution is 2.31. The second-order valence-electron chi connectivity index (χ2n) is 6.43. The molecule has 0 aliphatic heterocycles. The Hall–Kier alpha value is -1.90. The summed E-state index contributed by atoms with van der Waals surface area (Å²) in [5.41, 5.74) is 2.02. The topological polar surface area (TPSA) is 65.1 Å². The van der Waals surface area contributed by atoms with Gasteiger partial charge in [0.15, 0.2) is 5.16 Å². The molecule has 3 aromatic heterocycles. The van der Waals surface area contributed by atoms with Gasteiger partial charge in [0.25, 0.3) is 5.56 Å². The van der Waals surface area contributed by atoms with Gasteiger partial charge in [-0.25, -0.2) is 9.78 Å². The second kappa shape index (κ2) is 7.50. The average molecular weight is 477 g/mol. The molecular weight excluding hydrogens is 460 g/mol. The van der Waals surface area contributed by atoms with E-state index < -0.39 is 0 Å². The number of nitrogens with zero attached hydrogens (tertiary/aromatic N) is 2. The van der Waals surface area contributed by atoms with Gasteiger partial charge in [-0.15, -0.1) is 11.3 Å². The minimum absolute atomic E-state index is 0.00165. The maximum Gasteiger partial charge on any atom is 0.336 e. The Kier molecular flexibility index (Phi) is 5.20. The predicted molar refractivity (Wildman–Crippen MR) is 119 cm³/mol. The van der Waals surface area contributed by atoms with E-state index >= 15 is 0 Å². The third-order valence-electron chi connectivity index (χ3n) is 4.72. The van der Waals surface area contributed by atoms with Crippen molar-refractivity contribution in [2.45, 2.75) is 38.2 Å². The first-order chi connectivity index (χ1) is 13.4. The summed E-state index contributed by atoms with van der Waals surface area (Å²) in [5, 5.41) is 2.26. The summed E-state index contributed by atoms with van der Waals surface area (Å²) in [6, 6.07) is 7.14. The number of thiophene rings is 1. The van der Waals surface area contributed by atoms with E-state index in [1.54, 1.807) is 22.0 Å². The van der Waals surface area contributed by atoms with Crippen molar-refractivity contribution >= 4 is 60.2 Å². The molecule has 0 N–H and O–H groups in total. The van der Waals surface area contributed by atoms with Crippen LogP contribution in [-0.2, 0) is 12.3 Å². The quantitative estimate of drug-likeness (QED) is 0.228. The number of halogens is 1. The van der Waals surface area contributed by atoms with Crippen LogP contribution in [0.2, 0.25) is 0 Å². The summed E-state index contributed by atoms with van der Waals surface area (Å²) < 4.78 is 7.86. The van der Waals surface area contributed by atoms with E-state index in [4.69, 9.17) is 9.40 Å². The van der Waals surface area contributed by atoms with Crippen LogP contribution >= 0.6 is 39.0 Å². The van der Waals surface area contributed by atoms with Crippen molar-refractivity contribution in [1.82, 2.24) is 9.55 Å². The van der Waals surface area contributed by atoms with Crippen molar-refractivity contribution in [1.29, 1.82) is 0 Å². The number of fused-ring (bicyclic) bond motifs is 2. The van der Waals surface area contributed by atoms with Gasteiger partial charge in [0, 0.05) is 33.1 Å². The maximum absolute atomic E-state index is 13.0. The molecule has 4 aromatic rings. The fraction of sp³-hybridized carbons (Fsp3) is 0.250. The number of rotatable bonds is 4. The highest BCUT2D eigenvalue weighted by molar-refractivity contribution is 9.10. The number of aromatic nitrogens is 2. The van der Waals surface area contributed by atoms with Crippen molar-refractivity contribution in [2.75, 3.05) is 0 Å². The molecule has 0 aliphatic rings. The molecule has 0 saturated heterocycles. The Morgan fingerprint density at radius 2 is 2.04 bits per heavy atom. The third kappa shape index (κ3) is 3.33. The second-order valence-corrected chi connectivity index (χ2v) is 9.49. The van der Waals surface area contributed by atoms with E-state index in [9.17, 15) is 9.59 Å². The fourth-order valence-electron chi connectivity index (χ4n) is 3.16. The lowest BCUT2D eigenvalue weighted by molar-refractivity contribution is 0.559. The molecule has 0 atom stereocenters. The zero-order chi connectivity index (χ0) is 20.0. The Morgan fingerprint density at radius 1 is 1.25 bits per heavy atom. The lowest BCUT2D eigenvalue weighted by Gasteiger charge is -2.11. The summed E-state index contributed by atoms with van der Waals surface area (Å²) in [7, 11) is 0. The first-order valence-electron chi connectivity index (χ1n) is 8.74. The van der Waals surface area contributed by atoms with E-state index in [1.165, 1.54) is 17.8 Å². The van der Waals surface area contributed by atoms with Gasteiger partial charge < -0.3 is 4.42 Å². The smallest absolute Gasteiger partial charge is 0.336 e. The monoisotopic (exact) mass is 476 g/mol. The zero-order valence-electron chi connectivity index (χ0n) is 15.5.